The van der Waals surface area contributed by atoms with E-state index in [0.717, 1.165) is 6.07 Å². The van der Waals surface area contributed by atoms with E-state index in [0.29, 0.717) is 0 Å². The van der Waals surface area contributed by atoms with Crippen molar-refractivity contribution in [3.05, 3.63) is 27.2 Å². The average molecular weight is 318 g/mol. The summed E-state index contributed by atoms with van der Waals surface area (Å²) in [4.78, 5) is 3.76. The minimum atomic E-state index is -1.07. The van der Waals surface area contributed by atoms with Crippen molar-refractivity contribution in [1.82, 2.24) is 0 Å². The van der Waals surface area contributed by atoms with Crippen LogP contribution < -0.4 is 5.73 Å². The molecule has 7 heteroatoms. The molecule has 0 aromatic heterocycles. The Hall–Kier alpha value is -0.390. The van der Waals surface area contributed by atoms with Gasteiger partial charge >= 0.3 is 0 Å². The third-order valence-corrected chi connectivity index (χ3v) is 2.77. The Morgan fingerprint density at radius 2 is 2.13 bits per heavy atom. The molecule has 2 nitrogen and oxygen atoms in total. The highest BCUT2D eigenvalue weighted by atomic mass is 79.9. The van der Waals surface area contributed by atoms with Crippen LogP contribution in [0.5, 0.6) is 0 Å². The van der Waals surface area contributed by atoms with Crippen LogP contribution in [0.2, 0.25) is 5.02 Å². The third-order valence-electron chi connectivity index (χ3n) is 1.48. The van der Waals surface area contributed by atoms with E-state index in [-0.39, 0.29) is 26.9 Å². The van der Waals surface area contributed by atoms with Crippen LogP contribution in [0.4, 0.5) is 14.5 Å². The van der Waals surface area contributed by atoms with Gasteiger partial charge < -0.3 is 5.73 Å². The molecule has 1 rings (SSSR count). The van der Waals surface area contributed by atoms with Crippen LogP contribution in [-0.4, -0.2) is 11.7 Å². The molecule has 0 saturated heterocycles. The molecular weight excluding hydrogens is 313 g/mol. The molecule has 0 aliphatic heterocycles. The number of hydrogen-bond acceptors (Lipinski definition) is 1. The lowest BCUT2D eigenvalue weighted by Crippen LogP contribution is -2.12. The van der Waals surface area contributed by atoms with Gasteiger partial charge in [0.25, 0.3) is 0 Å². The van der Waals surface area contributed by atoms with Crippen LogP contribution in [0.15, 0.2) is 15.5 Å². The monoisotopic (exact) mass is 316 g/mol. The summed E-state index contributed by atoms with van der Waals surface area (Å²) in [5, 5.41) is -0.0474. The van der Waals surface area contributed by atoms with Crippen molar-refractivity contribution in [1.29, 1.82) is 0 Å². The Morgan fingerprint density at radius 3 is 2.67 bits per heavy atom. The van der Waals surface area contributed by atoms with Crippen molar-refractivity contribution in [2.45, 2.75) is 0 Å². The molecule has 0 fully saturated rings. The number of benzene rings is 1. The van der Waals surface area contributed by atoms with Gasteiger partial charge in [-0.3, -0.25) is 0 Å². The van der Waals surface area contributed by atoms with Crippen LogP contribution in [0.1, 0.15) is 0 Å². The van der Waals surface area contributed by atoms with E-state index >= 15 is 0 Å². The Bertz CT molecular complexity index is 424. The summed E-state index contributed by atoms with van der Waals surface area (Å²) in [5.41, 5.74) is 5.38. The second-order valence-electron chi connectivity index (χ2n) is 2.55. The van der Waals surface area contributed by atoms with Gasteiger partial charge in [0.2, 0.25) is 0 Å². The fourth-order valence-electron chi connectivity index (χ4n) is 0.833. The highest BCUT2D eigenvalue weighted by Crippen LogP contribution is 2.36. The maximum absolute atomic E-state index is 13.1. The first-order chi connectivity index (χ1) is 6.97. The van der Waals surface area contributed by atoms with Gasteiger partial charge in [-0.25, -0.2) is 13.8 Å². The number of aliphatic imine (C=N–C) groups is 1. The first-order valence-corrected chi connectivity index (χ1v) is 5.40. The standard InChI is InChI=1S/C8H5BrCl2F2N2/c9-6-7(13)4(12)1-3(11)8(6)15-5(14)2-10/h1H,2H2,(H2,14,15). The fraction of sp³-hybridized carbons (Fsp3) is 0.125. The van der Waals surface area contributed by atoms with Crippen molar-refractivity contribution in [2.24, 2.45) is 10.7 Å². The summed E-state index contributed by atoms with van der Waals surface area (Å²) in [6, 6.07) is 0.821. The molecule has 0 radical (unpaired) electrons. The largest absolute Gasteiger partial charge is 0.386 e. The molecule has 0 heterocycles. The van der Waals surface area contributed by atoms with E-state index in [1.165, 1.54) is 0 Å². The number of hydrogen-bond donors (Lipinski definition) is 1. The normalized spacial score (nSPS) is 11.9. The average Bonchev–Trinajstić information content (AvgIpc) is 2.21. The summed E-state index contributed by atoms with van der Waals surface area (Å²) >= 11 is 13.9. The second kappa shape index (κ2) is 5.09. The van der Waals surface area contributed by atoms with Gasteiger partial charge in [0.15, 0.2) is 11.6 Å². The van der Waals surface area contributed by atoms with E-state index in [1.54, 1.807) is 0 Å². The molecule has 2 N–H and O–H groups in total. The topological polar surface area (TPSA) is 38.4 Å². The van der Waals surface area contributed by atoms with E-state index < -0.39 is 11.6 Å². The van der Waals surface area contributed by atoms with Gasteiger partial charge in [0, 0.05) is 0 Å². The molecule has 0 unspecified atom stereocenters. The maximum atomic E-state index is 13.1. The van der Waals surface area contributed by atoms with Crippen LogP contribution in [0.25, 0.3) is 0 Å². The lowest BCUT2D eigenvalue weighted by molar-refractivity contribution is 0.504. The first kappa shape index (κ1) is 12.7. The summed E-state index contributed by atoms with van der Waals surface area (Å²) in [6.45, 7) is 0. The predicted octanol–water partition coefficient (Wildman–Crippen LogP) is 3.61. The van der Waals surface area contributed by atoms with E-state index in [1.807, 2.05) is 0 Å². The molecule has 0 saturated carbocycles. The first-order valence-electron chi connectivity index (χ1n) is 3.69. The van der Waals surface area contributed by atoms with Gasteiger partial charge in [-0.15, -0.1) is 11.6 Å². The van der Waals surface area contributed by atoms with Crippen LogP contribution in [0.3, 0.4) is 0 Å². The van der Waals surface area contributed by atoms with Crippen LogP contribution in [0, 0.1) is 11.6 Å². The van der Waals surface area contributed by atoms with Crippen molar-refractivity contribution >= 4 is 50.7 Å². The molecule has 82 valence electrons. The molecule has 0 spiro atoms. The van der Waals surface area contributed by atoms with E-state index in [4.69, 9.17) is 28.9 Å². The van der Waals surface area contributed by atoms with Gasteiger partial charge in [0.1, 0.15) is 11.5 Å². The minimum absolute atomic E-state index is 0.0220. The molecule has 1 aromatic carbocycles. The Labute approximate surface area is 103 Å². The van der Waals surface area contributed by atoms with Crippen LogP contribution in [-0.2, 0) is 0 Å². The summed E-state index contributed by atoms with van der Waals surface area (Å²) in [7, 11) is 0. The fourth-order valence-corrected chi connectivity index (χ4v) is 1.73. The van der Waals surface area contributed by atoms with Gasteiger partial charge in [-0.1, -0.05) is 11.6 Å². The van der Waals surface area contributed by atoms with Crippen LogP contribution >= 0.6 is 39.1 Å². The molecule has 0 aliphatic rings. The Kier molecular flexibility index (Phi) is 4.31. The number of halogens is 5. The lowest BCUT2D eigenvalue weighted by atomic mass is 10.3. The second-order valence-corrected chi connectivity index (χ2v) is 4.02. The summed E-state index contributed by atoms with van der Waals surface area (Å²) < 4.78 is 25.8. The summed E-state index contributed by atoms with van der Waals surface area (Å²) in [6.07, 6.45) is 0. The molecular formula is C8H5BrCl2F2N2. The minimum Gasteiger partial charge on any atom is -0.386 e. The van der Waals surface area contributed by atoms with Gasteiger partial charge in [0.05, 0.1) is 15.4 Å². The SMILES string of the molecule is NC(CCl)=Nc1c(Cl)cc(F)c(F)c1Br. The number of nitrogens with zero attached hydrogens (tertiary/aromatic N) is 1. The lowest BCUT2D eigenvalue weighted by Gasteiger charge is -2.04. The third kappa shape index (κ3) is 2.80. The Balaban J connectivity index is 3.36. The Morgan fingerprint density at radius 1 is 1.53 bits per heavy atom. The highest BCUT2D eigenvalue weighted by molar-refractivity contribution is 9.10. The molecule has 0 amide bonds. The number of rotatable bonds is 2. The zero-order valence-electron chi connectivity index (χ0n) is 7.20. The van der Waals surface area contributed by atoms with Crippen molar-refractivity contribution in [3.8, 4) is 0 Å². The van der Waals surface area contributed by atoms with Gasteiger partial charge in [-0.2, -0.15) is 0 Å². The number of nitrogens with two attached hydrogens (primary N) is 1. The maximum Gasteiger partial charge on any atom is 0.175 e. The predicted molar refractivity (Wildman–Crippen MR) is 61.1 cm³/mol. The zero-order chi connectivity index (χ0) is 11.6. The molecule has 0 bridgehead atoms. The van der Waals surface area contributed by atoms with E-state index in [2.05, 4.69) is 20.9 Å². The smallest absolute Gasteiger partial charge is 0.175 e. The number of amidine groups is 1. The quantitative estimate of drug-likeness (QED) is 0.292. The van der Waals surface area contributed by atoms with Gasteiger partial charge in [-0.05, 0) is 22.0 Å². The highest BCUT2D eigenvalue weighted by Gasteiger charge is 2.15. The molecule has 1 aromatic rings. The number of alkyl halides is 1. The molecule has 15 heavy (non-hydrogen) atoms. The van der Waals surface area contributed by atoms with Crippen molar-refractivity contribution in [2.75, 3.05) is 5.88 Å². The summed E-state index contributed by atoms with van der Waals surface area (Å²) in [5.74, 6) is -2.09. The van der Waals surface area contributed by atoms with Crippen molar-refractivity contribution in [3.63, 3.8) is 0 Å². The van der Waals surface area contributed by atoms with E-state index in [9.17, 15) is 8.78 Å². The molecule has 0 atom stereocenters. The van der Waals surface area contributed by atoms with Crippen molar-refractivity contribution < 1.29 is 8.78 Å². The zero-order valence-corrected chi connectivity index (χ0v) is 10.3. The molecule has 0 aliphatic carbocycles.